The minimum absolute atomic E-state index is 0.204. The molecule has 1 aromatic heterocycles. The van der Waals surface area contributed by atoms with Gasteiger partial charge in [0, 0.05) is 43.1 Å². The third-order valence-corrected chi connectivity index (χ3v) is 13.0. The van der Waals surface area contributed by atoms with E-state index in [1.807, 2.05) is 6.07 Å². The zero-order chi connectivity index (χ0) is 36.3. The molecule has 1 N–H and O–H groups in total. The van der Waals surface area contributed by atoms with Crippen LogP contribution in [0.4, 0.5) is 17.1 Å². The predicted molar refractivity (Wildman–Crippen MR) is 213 cm³/mol. The van der Waals surface area contributed by atoms with Gasteiger partial charge in [-0.15, -0.1) is 11.3 Å². The topological polar surface area (TPSA) is 64.3 Å². The summed E-state index contributed by atoms with van der Waals surface area (Å²) < 4.78 is 0. The molecular weight excluding hydrogens is 657 g/mol. The van der Waals surface area contributed by atoms with Gasteiger partial charge in [-0.25, -0.2) is 4.79 Å². The van der Waals surface area contributed by atoms with Crippen LogP contribution < -0.4 is 4.90 Å². The Morgan fingerprint density at radius 2 is 1.06 bits per heavy atom. The molecule has 5 aromatic carbocycles. The van der Waals surface area contributed by atoms with E-state index in [2.05, 4.69) is 156 Å². The van der Waals surface area contributed by atoms with Crippen molar-refractivity contribution >= 4 is 40.4 Å². The van der Waals surface area contributed by atoms with Gasteiger partial charge < -0.3 is 10.0 Å². The van der Waals surface area contributed by atoms with E-state index in [1.54, 1.807) is 11.3 Å². The van der Waals surface area contributed by atoms with Crippen molar-refractivity contribution in [2.45, 2.75) is 57.8 Å². The summed E-state index contributed by atoms with van der Waals surface area (Å²) in [6, 6.07) is 41.8. The number of carboxylic acids is 1. The Morgan fingerprint density at radius 3 is 1.58 bits per heavy atom. The van der Waals surface area contributed by atoms with Crippen LogP contribution in [0.2, 0.25) is 0 Å². The van der Waals surface area contributed by atoms with Crippen molar-refractivity contribution in [2.24, 2.45) is 0 Å². The number of aliphatic carboxylic acids is 1. The van der Waals surface area contributed by atoms with Crippen LogP contribution >= 0.6 is 11.3 Å². The highest BCUT2D eigenvalue weighted by Crippen LogP contribution is 2.60. The van der Waals surface area contributed by atoms with Crippen LogP contribution in [-0.4, -0.2) is 11.1 Å². The zero-order valence-corrected chi connectivity index (χ0v) is 30.9. The summed E-state index contributed by atoms with van der Waals surface area (Å²) in [5.41, 5.74) is 16.7. The normalized spacial score (nSPS) is 16.2. The Bertz CT molecular complexity index is 2540. The van der Waals surface area contributed by atoms with E-state index in [1.165, 1.54) is 67.3 Å². The molecule has 0 aliphatic heterocycles. The van der Waals surface area contributed by atoms with E-state index < -0.39 is 5.97 Å². The van der Waals surface area contributed by atoms with Gasteiger partial charge in [-0.1, -0.05) is 84.0 Å². The number of hydrogen-bond donors (Lipinski definition) is 1. The minimum Gasteiger partial charge on any atom is -0.477 e. The van der Waals surface area contributed by atoms with Crippen LogP contribution in [0.15, 0.2) is 115 Å². The number of benzene rings is 5. The lowest BCUT2D eigenvalue weighted by molar-refractivity contribution is -0.132. The number of hydrogen-bond acceptors (Lipinski definition) is 4. The number of anilines is 3. The number of nitrogens with zero attached hydrogens (tertiary/aromatic N) is 2. The summed E-state index contributed by atoms with van der Waals surface area (Å²) >= 11 is 1.57. The van der Waals surface area contributed by atoms with Crippen molar-refractivity contribution in [2.75, 3.05) is 4.90 Å². The Morgan fingerprint density at radius 1 is 0.596 bits per heavy atom. The third-order valence-electron chi connectivity index (χ3n) is 11.9. The van der Waals surface area contributed by atoms with Crippen molar-refractivity contribution < 1.29 is 9.90 Å². The summed E-state index contributed by atoms with van der Waals surface area (Å²) in [5.74, 6) is -1.20. The lowest BCUT2D eigenvalue weighted by Gasteiger charge is -2.28. The largest absolute Gasteiger partial charge is 0.477 e. The molecule has 5 heteroatoms. The van der Waals surface area contributed by atoms with Crippen LogP contribution in [0.5, 0.6) is 0 Å². The molecule has 4 nitrogen and oxygen atoms in total. The SMILES string of the molecule is CC1(C)c2cc(N(c3ccccc3)c3ccccc3)ccc2-c2cc3c(cc21)-c1cc2c(cc1C3(C)C)-c1sc(/C=C(\C#N)C(=O)O)cc1C2(C)C. The fourth-order valence-corrected chi connectivity index (χ4v) is 10.3. The molecule has 6 aromatic rings. The van der Waals surface area contributed by atoms with Gasteiger partial charge >= 0.3 is 5.97 Å². The summed E-state index contributed by atoms with van der Waals surface area (Å²) in [5, 5.41) is 18.9. The maximum Gasteiger partial charge on any atom is 0.346 e. The van der Waals surface area contributed by atoms with E-state index in [0.29, 0.717) is 0 Å². The van der Waals surface area contributed by atoms with E-state index in [0.717, 1.165) is 26.8 Å². The van der Waals surface area contributed by atoms with Crippen molar-refractivity contribution in [3.8, 4) is 38.8 Å². The maximum atomic E-state index is 11.6. The van der Waals surface area contributed by atoms with Crippen LogP contribution in [0.3, 0.4) is 0 Å². The smallest absolute Gasteiger partial charge is 0.346 e. The molecule has 9 rings (SSSR count). The molecule has 0 saturated heterocycles. The first-order valence-electron chi connectivity index (χ1n) is 17.8. The number of rotatable bonds is 5. The van der Waals surface area contributed by atoms with Crippen molar-refractivity contribution in [1.29, 1.82) is 5.26 Å². The van der Waals surface area contributed by atoms with Gasteiger partial charge in [0.15, 0.2) is 0 Å². The molecule has 0 fully saturated rings. The summed E-state index contributed by atoms with van der Waals surface area (Å²) in [7, 11) is 0. The second kappa shape index (κ2) is 10.9. The number of thiophene rings is 1. The molecular formula is C47H38N2O2S. The van der Waals surface area contributed by atoms with E-state index >= 15 is 0 Å². The maximum absolute atomic E-state index is 11.6. The van der Waals surface area contributed by atoms with Gasteiger partial charge in [-0.05, 0) is 134 Å². The van der Waals surface area contributed by atoms with Crippen LogP contribution in [-0.2, 0) is 21.0 Å². The molecule has 3 aliphatic carbocycles. The van der Waals surface area contributed by atoms with E-state index in [-0.39, 0.29) is 21.8 Å². The lowest BCUT2D eigenvalue weighted by Crippen LogP contribution is -2.18. The number of carboxylic acid groups (broad SMARTS) is 1. The zero-order valence-electron chi connectivity index (χ0n) is 30.1. The fraction of sp³-hybridized carbons (Fsp3) is 0.191. The Kier molecular flexibility index (Phi) is 6.76. The number of fused-ring (bicyclic) bond motifs is 9. The molecule has 254 valence electrons. The quantitative estimate of drug-likeness (QED) is 0.144. The number of nitriles is 1. The first kappa shape index (κ1) is 32.2. The van der Waals surface area contributed by atoms with E-state index in [9.17, 15) is 15.2 Å². The Balaban J connectivity index is 1.16. The second-order valence-electron chi connectivity index (χ2n) is 15.9. The minimum atomic E-state index is -1.20. The summed E-state index contributed by atoms with van der Waals surface area (Å²) in [6.07, 6.45) is 1.50. The first-order valence-corrected chi connectivity index (χ1v) is 18.6. The molecule has 0 amide bonds. The second-order valence-corrected chi connectivity index (χ2v) is 16.9. The van der Waals surface area contributed by atoms with E-state index in [4.69, 9.17) is 0 Å². The predicted octanol–water partition coefficient (Wildman–Crippen LogP) is 12.1. The third kappa shape index (κ3) is 4.41. The summed E-state index contributed by atoms with van der Waals surface area (Å²) in [4.78, 5) is 15.9. The highest BCUT2D eigenvalue weighted by atomic mass is 32.1. The van der Waals surface area contributed by atoms with Crippen molar-refractivity contribution in [3.05, 3.63) is 153 Å². The molecule has 0 atom stereocenters. The summed E-state index contributed by atoms with van der Waals surface area (Å²) in [6.45, 7) is 13.9. The van der Waals surface area contributed by atoms with Gasteiger partial charge in [0.25, 0.3) is 0 Å². The monoisotopic (exact) mass is 694 g/mol. The molecule has 0 spiro atoms. The average Bonchev–Trinajstić information content (AvgIpc) is 3.78. The Hall–Kier alpha value is -5.70. The Labute approximate surface area is 309 Å². The molecule has 0 radical (unpaired) electrons. The highest BCUT2D eigenvalue weighted by Gasteiger charge is 2.45. The van der Waals surface area contributed by atoms with Gasteiger partial charge in [0.2, 0.25) is 0 Å². The van der Waals surface area contributed by atoms with Crippen molar-refractivity contribution in [1.82, 2.24) is 0 Å². The van der Waals surface area contributed by atoms with Gasteiger partial charge in [0.05, 0.1) is 0 Å². The molecule has 1 heterocycles. The number of carbonyl (C=O) groups is 1. The van der Waals surface area contributed by atoms with Gasteiger partial charge in [0.1, 0.15) is 11.6 Å². The van der Waals surface area contributed by atoms with Gasteiger partial charge in [-0.3, -0.25) is 0 Å². The lowest BCUT2D eigenvalue weighted by atomic mass is 9.78. The van der Waals surface area contributed by atoms with Crippen LogP contribution in [0.25, 0.3) is 38.8 Å². The highest BCUT2D eigenvalue weighted by molar-refractivity contribution is 7.16. The first-order chi connectivity index (χ1) is 24.8. The van der Waals surface area contributed by atoms with Crippen LogP contribution in [0, 0.1) is 11.3 Å². The van der Waals surface area contributed by atoms with Gasteiger partial charge in [-0.2, -0.15) is 5.26 Å². The average molecular weight is 695 g/mol. The van der Waals surface area contributed by atoms with Crippen molar-refractivity contribution in [3.63, 3.8) is 0 Å². The van der Waals surface area contributed by atoms with Crippen LogP contribution in [0.1, 0.15) is 79.8 Å². The standard InChI is InChI=1S/C47H38N2O2S/c1-45(2)37-20-30(49(28-13-9-7-10-14-28)29-15-11-8-12-16-29)17-18-32(37)33-22-39-34(23-38(33)45)35-24-41-36(25-40(35)46(39,3)4)43-42(47(41,5)6)21-31(52-43)19-27(26-48)44(50)51/h7-25H,1-6H3,(H,50,51)/b27-19+. The molecule has 0 unspecified atom stereocenters. The molecule has 52 heavy (non-hydrogen) atoms. The molecule has 0 bridgehead atoms. The number of para-hydroxylation sites is 2. The molecule has 0 saturated carbocycles. The molecule has 3 aliphatic rings. The fourth-order valence-electron chi connectivity index (χ4n) is 9.01.